The second kappa shape index (κ2) is 9.58. The van der Waals surface area contributed by atoms with E-state index in [-0.39, 0.29) is 27.8 Å². The number of amides is 2. The zero-order chi connectivity index (χ0) is 19.8. The van der Waals surface area contributed by atoms with Crippen LogP contribution in [0, 0.1) is 10.1 Å². The minimum absolute atomic E-state index is 0.0394. The molecule has 0 aliphatic rings. The normalized spacial score (nSPS) is 10.3. The highest BCUT2D eigenvalue weighted by molar-refractivity contribution is 8.00. The van der Waals surface area contributed by atoms with Gasteiger partial charge in [0.1, 0.15) is 5.75 Å². The second-order valence-corrected chi connectivity index (χ2v) is 6.50. The third-order valence-corrected chi connectivity index (χ3v) is 4.48. The molecule has 0 atom stereocenters. The first-order chi connectivity index (χ1) is 12.9. The topological polar surface area (TPSA) is 125 Å². The minimum Gasteiger partial charge on any atom is -0.491 e. The lowest BCUT2D eigenvalue weighted by Gasteiger charge is -2.12. The molecule has 0 saturated heterocycles. The lowest BCUT2D eigenvalue weighted by Crippen LogP contribution is -2.15. The summed E-state index contributed by atoms with van der Waals surface area (Å²) in [7, 11) is 0. The molecule has 0 bridgehead atoms. The number of benzene rings is 2. The molecule has 8 nitrogen and oxygen atoms in total. The summed E-state index contributed by atoms with van der Waals surface area (Å²) >= 11 is 1.00. The summed E-state index contributed by atoms with van der Waals surface area (Å²) in [5.41, 5.74) is 5.45. The first-order valence-electron chi connectivity index (χ1n) is 8.15. The molecule has 0 aromatic heterocycles. The summed E-state index contributed by atoms with van der Waals surface area (Å²) in [6, 6.07) is 11.0. The van der Waals surface area contributed by atoms with Crippen LogP contribution in [0.15, 0.2) is 47.4 Å². The fourth-order valence-corrected chi connectivity index (χ4v) is 2.98. The van der Waals surface area contributed by atoms with E-state index in [1.807, 2.05) is 6.92 Å². The van der Waals surface area contributed by atoms with Crippen LogP contribution in [0.3, 0.4) is 0 Å². The molecule has 0 aliphatic heterocycles. The number of nitrogens with one attached hydrogen (secondary N) is 1. The van der Waals surface area contributed by atoms with Gasteiger partial charge in [-0.1, -0.05) is 19.1 Å². The van der Waals surface area contributed by atoms with Crippen LogP contribution in [0.4, 0.5) is 11.4 Å². The number of rotatable bonds is 9. The Morgan fingerprint density at radius 2 is 2.00 bits per heavy atom. The zero-order valence-electron chi connectivity index (χ0n) is 14.6. The number of para-hydroxylation sites is 2. The molecule has 142 valence electrons. The van der Waals surface area contributed by atoms with Crippen LogP contribution in [0.2, 0.25) is 0 Å². The van der Waals surface area contributed by atoms with Gasteiger partial charge in [0.2, 0.25) is 11.8 Å². The van der Waals surface area contributed by atoms with Crippen LogP contribution in [-0.2, 0) is 4.79 Å². The van der Waals surface area contributed by atoms with Crippen molar-refractivity contribution in [3.05, 3.63) is 58.1 Å². The van der Waals surface area contributed by atoms with E-state index in [0.29, 0.717) is 18.0 Å². The van der Waals surface area contributed by atoms with E-state index in [2.05, 4.69) is 5.32 Å². The van der Waals surface area contributed by atoms with Gasteiger partial charge in [0, 0.05) is 11.6 Å². The third kappa shape index (κ3) is 5.71. The Hall–Kier alpha value is -3.07. The maximum atomic E-state index is 12.2. The number of primary amides is 1. The van der Waals surface area contributed by atoms with Gasteiger partial charge in [-0.05, 0) is 30.7 Å². The Balaban J connectivity index is 2.06. The summed E-state index contributed by atoms with van der Waals surface area (Å²) in [6.07, 6.45) is 0.836. The molecule has 3 N–H and O–H groups in total. The molecule has 0 spiro atoms. The van der Waals surface area contributed by atoms with Crippen LogP contribution in [-0.4, -0.2) is 29.1 Å². The van der Waals surface area contributed by atoms with Crippen molar-refractivity contribution in [2.45, 2.75) is 18.2 Å². The molecule has 0 heterocycles. The number of anilines is 1. The van der Waals surface area contributed by atoms with Gasteiger partial charge >= 0.3 is 0 Å². The maximum absolute atomic E-state index is 12.2. The Bertz CT molecular complexity index is 857. The van der Waals surface area contributed by atoms with Crippen molar-refractivity contribution >= 4 is 35.0 Å². The van der Waals surface area contributed by atoms with Crippen molar-refractivity contribution in [1.82, 2.24) is 0 Å². The third-order valence-electron chi connectivity index (χ3n) is 3.42. The first-order valence-corrected chi connectivity index (χ1v) is 9.13. The van der Waals surface area contributed by atoms with Crippen LogP contribution in [0.25, 0.3) is 0 Å². The fourth-order valence-electron chi connectivity index (χ4n) is 2.17. The maximum Gasteiger partial charge on any atom is 0.283 e. The number of nitro groups is 1. The highest BCUT2D eigenvalue weighted by atomic mass is 32.2. The van der Waals surface area contributed by atoms with Gasteiger partial charge in [-0.3, -0.25) is 19.7 Å². The number of ether oxygens (including phenoxy) is 1. The molecule has 2 aromatic carbocycles. The Morgan fingerprint density at radius 1 is 1.26 bits per heavy atom. The average Bonchev–Trinajstić information content (AvgIpc) is 2.65. The van der Waals surface area contributed by atoms with Crippen molar-refractivity contribution in [1.29, 1.82) is 0 Å². The second-order valence-electron chi connectivity index (χ2n) is 5.49. The molecule has 0 unspecified atom stereocenters. The molecule has 0 fully saturated rings. The van der Waals surface area contributed by atoms with E-state index in [9.17, 15) is 19.7 Å². The number of nitro benzene ring substituents is 1. The van der Waals surface area contributed by atoms with Crippen LogP contribution in [0.5, 0.6) is 5.75 Å². The quantitative estimate of drug-likeness (QED) is 0.385. The lowest BCUT2D eigenvalue weighted by molar-refractivity contribution is -0.387. The van der Waals surface area contributed by atoms with Crippen LogP contribution < -0.4 is 15.8 Å². The van der Waals surface area contributed by atoms with Gasteiger partial charge < -0.3 is 15.8 Å². The van der Waals surface area contributed by atoms with Crippen molar-refractivity contribution in [2.24, 2.45) is 5.73 Å². The number of nitrogens with two attached hydrogens (primary N) is 1. The van der Waals surface area contributed by atoms with E-state index in [1.165, 1.54) is 12.1 Å². The Morgan fingerprint density at radius 3 is 2.67 bits per heavy atom. The number of hydrogen-bond acceptors (Lipinski definition) is 6. The molecule has 2 amide bonds. The van der Waals surface area contributed by atoms with Gasteiger partial charge in [0.15, 0.2) is 0 Å². The summed E-state index contributed by atoms with van der Waals surface area (Å²) < 4.78 is 5.58. The molecule has 9 heteroatoms. The Labute approximate surface area is 160 Å². The van der Waals surface area contributed by atoms with Gasteiger partial charge in [0.25, 0.3) is 5.69 Å². The molecule has 0 aliphatic carbocycles. The summed E-state index contributed by atoms with van der Waals surface area (Å²) in [4.78, 5) is 34.3. The Kier molecular flexibility index (Phi) is 7.18. The molecular weight excluding hydrogens is 370 g/mol. The predicted molar refractivity (Wildman–Crippen MR) is 103 cm³/mol. The smallest absolute Gasteiger partial charge is 0.283 e. The van der Waals surface area contributed by atoms with E-state index in [0.717, 1.165) is 24.2 Å². The first kappa shape index (κ1) is 20.2. The zero-order valence-corrected chi connectivity index (χ0v) is 15.5. The number of thioether (sulfide) groups is 1. The van der Waals surface area contributed by atoms with Gasteiger partial charge in [-0.2, -0.15) is 0 Å². The largest absolute Gasteiger partial charge is 0.491 e. The highest BCUT2D eigenvalue weighted by Gasteiger charge is 2.18. The van der Waals surface area contributed by atoms with Crippen molar-refractivity contribution in [3.63, 3.8) is 0 Å². The van der Waals surface area contributed by atoms with Crippen LogP contribution >= 0.6 is 11.8 Å². The lowest BCUT2D eigenvalue weighted by atomic mass is 10.2. The molecule has 0 saturated carbocycles. The molecular formula is C18H19N3O5S. The number of nitrogens with zero attached hydrogens (tertiary/aromatic N) is 1. The molecule has 2 aromatic rings. The minimum atomic E-state index is -0.754. The summed E-state index contributed by atoms with van der Waals surface area (Å²) in [5, 5.41) is 13.9. The number of carbonyl (C=O) groups is 2. The highest BCUT2D eigenvalue weighted by Crippen LogP contribution is 2.30. The monoisotopic (exact) mass is 389 g/mol. The SMILES string of the molecule is CCCOc1ccccc1NC(=O)CSc1ccc(C(N)=O)cc1[N+](=O)[O-]. The van der Waals surface area contributed by atoms with Crippen molar-refractivity contribution in [3.8, 4) is 5.75 Å². The van der Waals surface area contributed by atoms with Gasteiger partial charge in [-0.25, -0.2) is 0 Å². The van der Waals surface area contributed by atoms with Gasteiger partial charge in [0.05, 0.1) is 27.9 Å². The molecule has 0 radical (unpaired) electrons. The fraction of sp³-hybridized carbons (Fsp3) is 0.222. The number of carbonyl (C=O) groups excluding carboxylic acids is 2. The van der Waals surface area contributed by atoms with Gasteiger partial charge in [-0.15, -0.1) is 11.8 Å². The van der Waals surface area contributed by atoms with Crippen molar-refractivity contribution in [2.75, 3.05) is 17.7 Å². The average molecular weight is 389 g/mol. The van der Waals surface area contributed by atoms with E-state index < -0.39 is 10.8 Å². The summed E-state index contributed by atoms with van der Waals surface area (Å²) in [6.45, 7) is 2.51. The molecule has 27 heavy (non-hydrogen) atoms. The molecule has 2 rings (SSSR count). The summed E-state index contributed by atoms with van der Waals surface area (Å²) in [5.74, 6) is -0.565. The van der Waals surface area contributed by atoms with Crippen molar-refractivity contribution < 1.29 is 19.2 Å². The van der Waals surface area contributed by atoms with E-state index in [4.69, 9.17) is 10.5 Å². The van der Waals surface area contributed by atoms with Crippen LogP contribution in [0.1, 0.15) is 23.7 Å². The predicted octanol–water partition coefficient (Wildman–Crippen LogP) is 3.21. The van der Waals surface area contributed by atoms with E-state index >= 15 is 0 Å². The number of hydrogen-bond donors (Lipinski definition) is 2. The standard InChI is InChI=1S/C18H19N3O5S/c1-2-9-26-15-6-4-3-5-13(15)20-17(22)11-27-16-8-7-12(18(19)23)10-14(16)21(24)25/h3-8,10H,2,9,11H2,1H3,(H2,19,23)(H,20,22). The van der Waals surface area contributed by atoms with E-state index in [1.54, 1.807) is 24.3 Å².